The highest BCUT2D eigenvalue weighted by Crippen LogP contribution is 2.22. The molecule has 0 aliphatic rings. The molecule has 1 aromatic carbocycles. The summed E-state index contributed by atoms with van der Waals surface area (Å²) in [5, 5.41) is 8.26. The minimum absolute atomic E-state index is 0.299. The predicted molar refractivity (Wildman–Crippen MR) is 46.0 cm³/mol. The molecule has 0 amide bonds. The van der Waals surface area contributed by atoms with E-state index in [2.05, 4.69) is 4.74 Å². The van der Waals surface area contributed by atoms with Crippen LogP contribution in [-0.2, 0) is 0 Å². The van der Waals surface area contributed by atoms with Crippen molar-refractivity contribution in [2.24, 2.45) is 0 Å². The summed E-state index contributed by atoms with van der Waals surface area (Å²) in [7, 11) is 0. The summed E-state index contributed by atoms with van der Waals surface area (Å²) < 4.78 is 38.8. The van der Waals surface area contributed by atoms with Crippen molar-refractivity contribution in [1.82, 2.24) is 0 Å². The van der Waals surface area contributed by atoms with E-state index in [1.807, 2.05) is 0 Å². The minimum atomic E-state index is -4.68. The first-order chi connectivity index (χ1) is 6.51. The van der Waals surface area contributed by atoms with Gasteiger partial charge in [0.15, 0.2) is 0 Å². The van der Waals surface area contributed by atoms with Crippen LogP contribution >= 0.6 is 0 Å². The summed E-state index contributed by atoms with van der Waals surface area (Å²) in [6, 6.07) is 5.03. The molecule has 0 saturated carbocycles. The third-order valence-electron chi connectivity index (χ3n) is 1.34. The highest BCUT2D eigenvalue weighted by Gasteiger charge is 2.30. The van der Waals surface area contributed by atoms with Crippen LogP contribution in [0.15, 0.2) is 24.3 Å². The van der Waals surface area contributed by atoms with Gasteiger partial charge in [-0.3, -0.25) is 5.87 Å². The van der Waals surface area contributed by atoms with E-state index >= 15 is 0 Å². The summed E-state index contributed by atoms with van der Waals surface area (Å²) in [4.78, 5) is 0. The van der Waals surface area contributed by atoms with Gasteiger partial charge in [0, 0.05) is 0 Å². The number of ether oxygens (including phenoxy) is 1. The molecule has 0 spiro atoms. The smallest absolute Gasteiger partial charge is 0.573 e. The Balaban J connectivity index is 2.78. The van der Waals surface area contributed by atoms with Crippen molar-refractivity contribution in [3.63, 3.8) is 0 Å². The van der Waals surface area contributed by atoms with Gasteiger partial charge in [0.25, 0.3) is 0 Å². The van der Waals surface area contributed by atoms with Crippen LogP contribution in [0.3, 0.4) is 0 Å². The Hall–Kier alpha value is -1.74. The molecule has 14 heavy (non-hydrogen) atoms. The fraction of sp³-hybridized carbons (Fsp3) is 0.111. The van der Waals surface area contributed by atoms with E-state index in [9.17, 15) is 13.2 Å². The molecule has 0 atom stereocenters. The Kier molecular flexibility index (Phi) is 2.94. The molecule has 0 heterocycles. The Morgan fingerprint density at radius 3 is 2.21 bits per heavy atom. The van der Waals surface area contributed by atoms with Crippen LogP contribution in [-0.4, -0.2) is 12.2 Å². The van der Waals surface area contributed by atoms with Gasteiger partial charge in [0.05, 0.1) is 0 Å². The highest BCUT2D eigenvalue weighted by atomic mass is 19.4. The summed E-state index contributed by atoms with van der Waals surface area (Å²) >= 11 is 0. The molecule has 74 valence electrons. The van der Waals surface area contributed by atoms with Crippen molar-refractivity contribution in [2.45, 2.75) is 6.36 Å². The van der Waals surface area contributed by atoms with E-state index in [4.69, 9.17) is 5.41 Å². The molecule has 0 bridgehead atoms. The fourth-order valence-corrected chi connectivity index (χ4v) is 0.840. The lowest BCUT2D eigenvalue weighted by molar-refractivity contribution is -0.274. The number of halogens is 3. The van der Waals surface area contributed by atoms with E-state index in [-0.39, 0.29) is 5.75 Å². The normalized spacial score (nSPS) is 10.5. The van der Waals surface area contributed by atoms with Crippen molar-refractivity contribution in [2.75, 3.05) is 0 Å². The van der Waals surface area contributed by atoms with Crippen LogP contribution in [0.1, 0.15) is 5.56 Å². The SMILES string of the molecule is [N-]=C=Cc1ccc(OC(F)(F)F)cc1. The van der Waals surface area contributed by atoms with Crippen molar-refractivity contribution < 1.29 is 17.9 Å². The van der Waals surface area contributed by atoms with Gasteiger partial charge in [-0.15, -0.1) is 13.2 Å². The lowest BCUT2D eigenvalue weighted by atomic mass is 10.2. The van der Waals surface area contributed by atoms with Gasteiger partial charge in [-0.05, 0) is 23.8 Å². The van der Waals surface area contributed by atoms with Gasteiger partial charge in [0.1, 0.15) is 5.75 Å². The fourth-order valence-electron chi connectivity index (χ4n) is 0.840. The van der Waals surface area contributed by atoms with Gasteiger partial charge < -0.3 is 10.1 Å². The lowest BCUT2D eigenvalue weighted by Crippen LogP contribution is -2.16. The van der Waals surface area contributed by atoms with Gasteiger partial charge in [0.2, 0.25) is 0 Å². The Morgan fingerprint density at radius 1 is 1.21 bits per heavy atom. The number of hydrogen-bond donors (Lipinski definition) is 0. The topological polar surface area (TPSA) is 31.5 Å². The molecule has 0 aliphatic carbocycles. The summed E-state index contributed by atoms with van der Waals surface area (Å²) in [5.41, 5.74) is 0.530. The first kappa shape index (κ1) is 10.3. The van der Waals surface area contributed by atoms with Crippen LogP contribution in [0, 0.1) is 0 Å². The molecule has 0 radical (unpaired) electrons. The van der Waals surface area contributed by atoms with Crippen molar-refractivity contribution >= 4 is 11.9 Å². The molecule has 0 aromatic heterocycles. The maximum absolute atomic E-state index is 11.7. The van der Waals surface area contributed by atoms with E-state index in [0.717, 1.165) is 12.1 Å². The van der Waals surface area contributed by atoms with Crippen molar-refractivity contribution in [3.8, 4) is 5.75 Å². The maximum Gasteiger partial charge on any atom is 0.573 e. The summed E-state index contributed by atoms with van der Waals surface area (Å²) in [6.45, 7) is 0. The highest BCUT2D eigenvalue weighted by molar-refractivity contribution is 5.79. The van der Waals surface area contributed by atoms with E-state index in [0.29, 0.717) is 5.56 Å². The molecule has 0 unspecified atom stereocenters. The molecule has 5 heteroatoms. The molecule has 0 aliphatic heterocycles. The van der Waals surface area contributed by atoms with Crippen LogP contribution in [0.2, 0.25) is 0 Å². The second-order valence-corrected chi connectivity index (χ2v) is 2.39. The monoisotopic (exact) mass is 200 g/mol. The zero-order valence-electron chi connectivity index (χ0n) is 6.88. The molecular formula is C9H5F3NO-. The Bertz CT molecular complexity index is 349. The lowest BCUT2D eigenvalue weighted by Gasteiger charge is -2.08. The van der Waals surface area contributed by atoms with Crippen LogP contribution in [0.4, 0.5) is 13.2 Å². The first-order valence-corrected chi connectivity index (χ1v) is 3.60. The van der Waals surface area contributed by atoms with Gasteiger partial charge >= 0.3 is 6.36 Å². The average molecular weight is 200 g/mol. The van der Waals surface area contributed by atoms with E-state index in [1.165, 1.54) is 18.2 Å². The average Bonchev–Trinajstić information content (AvgIpc) is 2.06. The summed E-state index contributed by atoms with van der Waals surface area (Å²) in [5.74, 6) is 1.47. The molecular weight excluding hydrogens is 195 g/mol. The molecule has 0 fully saturated rings. The maximum atomic E-state index is 11.7. The second-order valence-electron chi connectivity index (χ2n) is 2.39. The summed E-state index contributed by atoms with van der Waals surface area (Å²) in [6.07, 6.45) is -3.46. The number of rotatable bonds is 2. The van der Waals surface area contributed by atoms with Crippen LogP contribution < -0.4 is 4.74 Å². The quantitative estimate of drug-likeness (QED) is 0.675. The molecule has 1 aromatic rings. The van der Waals surface area contributed by atoms with Crippen molar-refractivity contribution in [3.05, 3.63) is 35.2 Å². The van der Waals surface area contributed by atoms with E-state index in [1.54, 1.807) is 5.87 Å². The van der Waals surface area contributed by atoms with Crippen LogP contribution in [0.5, 0.6) is 5.75 Å². The van der Waals surface area contributed by atoms with Crippen LogP contribution in [0.25, 0.3) is 11.5 Å². The molecule has 0 N–H and O–H groups in total. The molecule has 0 saturated heterocycles. The largest absolute Gasteiger partial charge is 0.763 e. The van der Waals surface area contributed by atoms with Gasteiger partial charge in [-0.2, -0.15) is 0 Å². The molecule has 2 nitrogen and oxygen atoms in total. The Labute approximate surface area is 78.1 Å². The minimum Gasteiger partial charge on any atom is -0.763 e. The van der Waals surface area contributed by atoms with Gasteiger partial charge in [-0.1, -0.05) is 12.1 Å². The molecule has 1 rings (SSSR count). The predicted octanol–water partition coefficient (Wildman–Crippen LogP) is 2.84. The standard InChI is InChI=1S/C9H5F3NO/c10-9(11,12)14-8-3-1-7(2-4-8)5-6-13/h1-5H/q-1. The first-order valence-electron chi connectivity index (χ1n) is 3.60. The number of alkyl halides is 3. The second kappa shape index (κ2) is 3.98. The number of benzene rings is 1. The van der Waals surface area contributed by atoms with Gasteiger partial charge in [-0.25, -0.2) is 0 Å². The Morgan fingerprint density at radius 2 is 1.79 bits per heavy atom. The zero-order valence-corrected chi connectivity index (χ0v) is 6.88. The van der Waals surface area contributed by atoms with Crippen molar-refractivity contribution in [1.29, 1.82) is 0 Å². The number of nitrogens with zero attached hydrogens (tertiary/aromatic N) is 1. The zero-order chi connectivity index (χ0) is 10.6. The number of hydrogen-bond acceptors (Lipinski definition) is 1. The van der Waals surface area contributed by atoms with E-state index < -0.39 is 6.36 Å². The third-order valence-corrected chi connectivity index (χ3v) is 1.34. The third kappa shape index (κ3) is 3.33.